The molecule has 0 saturated carbocycles. The van der Waals surface area contributed by atoms with Gasteiger partial charge in [0.2, 0.25) is 0 Å². The first kappa shape index (κ1) is 33.7. The summed E-state index contributed by atoms with van der Waals surface area (Å²) >= 11 is 3.16. The normalized spacial score (nSPS) is 14.2. The van der Waals surface area contributed by atoms with Crippen molar-refractivity contribution in [2.45, 2.75) is 0 Å². The second-order valence-electron chi connectivity index (χ2n) is 16.1. The van der Waals surface area contributed by atoms with Gasteiger partial charge in [-0.2, -0.15) is 0 Å². The van der Waals surface area contributed by atoms with Crippen molar-refractivity contribution in [2.24, 2.45) is 14.1 Å². The van der Waals surface area contributed by atoms with Gasteiger partial charge < -0.3 is 9.13 Å². The summed E-state index contributed by atoms with van der Waals surface area (Å²) < 4.78 is 6.51. The highest BCUT2D eigenvalue weighted by atomic mass is 32.1. The lowest BCUT2D eigenvalue weighted by Gasteiger charge is -2.04. The number of hydrogen-bond acceptors (Lipinski definition) is 6. The number of benzene rings is 7. The van der Waals surface area contributed by atoms with Gasteiger partial charge in [0.05, 0.1) is 42.6 Å². The molecular formula is C52H28N2O4S2. The molecule has 6 nitrogen and oxygen atoms in total. The van der Waals surface area contributed by atoms with Crippen LogP contribution in [0.1, 0.15) is 51.2 Å². The van der Waals surface area contributed by atoms with Crippen LogP contribution in [0.3, 0.4) is 0 Å². The number of aromatic nitrogens is 2. The van der Waals surface area contributed by atoms with Crippen molar-refractivity contribution >= 4 is 143 Å². The summed E-state index contributed by atoms with van der Waals surface area (Å²) in [6, 6.07) is 40.5. The quantitative estimate of drug-likeness (QED) is 0.0990. The molecule has 2 aliphatic carbocycles. The third-order valence-electron chi connectivity index (χ3n) is 12.7. The average molecular weight is 809 g/mol. The summed E-state index contributed by atoms with van der Waals surface area (Å²) in [6.45, 7) is 0. The Labute approximate surface area is 348 Å². The van der Waals surface area contributed by atoms with Crippen molar-refractivity contribution in [3.63, 3.8) is 0 Å². The maximum atomic E-state index is 13.8. The largest absolute Gasteiger partial charge is 0.343 e. The van der Waals surface area contributed by atoms with Crippen LogP contribution in [0.5, 0.6) is 0 Å². The molecule has 0 aliphatic heterocycles. The van der Waals surface area contributed by atoms with Crippen LogP contribution in [0, 0.1) is 0 Å². The fourth-order valence-corrected chi connectivity index (χ4v) is 12.0. The molecule has 282 valence electrons. The minimum absolute atomic E-state index is 0.198. The van der Waals surface area contributed by atoms with E-state index in [2.05, 4.69) is 81.9 Å². The van der Waals surface area contributed by atoms with Gasteiger partial charge in [0, 0.05) is 56.9 Å². The molecule has 0 unspecified atom stereocenters. The number of hydrogen-bond donors (Lipinski definition) is 0. The van der Waals surface area contributed by atoms with Gasteiger partial charge in [-0.1, -0.05) is 48.5 Å². The van der Waals surface area contributed by atoms with E-state index in [1.165, 1.54) is 0 Å². The number of rotatable bonds is 2. The Morgan fingerprint density at radius 1 is 0.383 bits per heavy atom. The number of aryl methyl sites for hydroxylation is 2. The second kappa shape index (κ2) is 11.7. The number of carbonyl (C=O) groups is 4. The highest BCUT2D eigenvalue weighted by molar-refractivity contribution is 7.21. The van der Waals surface area contributed by atoms with Crippen molar-refractivity contribution in [1.82, 2.24) is 9.13 Å². The van der Waals surface area contributed by atoms with Gasteiger partial charge in [-0.25, -0.2) is 0 Å². The Kier molecular flexibility index (Phi) is 6.56. The molecular weight excluding hydrogens is 781 g/mol. The van der Waals surface area contributed by atoms with Crippen LogP contribution in [0.25, 0.3) is 97.5 Å². The van der Waals surface area contributed by atoms with Gasteiger partial charge in [0.25, 0.3) is 0 Å². The molecule has 0 radical (unpaired) electrons. The van der Waals surface area contributed by atoms with Crippen molar-refractivity contribution in [1.29, 1.82) is 0 Å². The highest BCUT2D eigenvalue weighted by Crippen LogP contribution is 2.44. The standard InChI is InChI=1S/C52H28N2O4S2/c1-53-43-23-40-44(54(2)46-22-34(60-52(40)46)20-42-49(57)37-17-31-13-27-9-5-6-10-28(27)14-32(31)18-38(37)50(42)58)24-39(43)51-45(53)21-33(59-51)19-41-47(55)35-15-29-11-25-7-3-4-8-26(25)12-30(29)16-36(35)48(41)56/h3-24H,1-2H3. The fraction of sp³-hybridized carbons (Fsp3) is 0.0385. The molecule has 4 aromatic heterocycles. The lowest BCUT2D eigenvalue weighted by Crippen LogP contribution is -1.99. The zero-order valence-corrected chi connectivity index (χ0v) is 33.7. The lowest BCUT2D eigenvalue weighted by molar-refractivity contribution is 0.0975. The second-order valence-corrected chi connectivity index (χ2v) is 18.2. The van der Waals surface area contributed by atoms with Gasteiger partial charge in [-0.3, -0.25) is 19.2 Å². The zero-order chi connectivity index (χ0) is 40.3. The molecule has 2 aliphatic rings. The summed E-state index contributed by atoms with van der Waals surface area (Å²) in [7, 11) is 4.09. The van der Waals surface area contributed by atoms with E-state index in [-0.39, 0.29) is 34.3 Å². The first-order valence-electron chi connectivity index (χ1n) is 19.7. The van der Waals surface area contributed by atoms with Gasteiger partial charge in [-0.05, 0) is 128 Å². The SMILES string of the molecule is Cn1c2cc3c4sc(C=C5C(=O)c6cc7cc8ccccc8cc7cc6C5=O)cc4n(C)c3cc2c2sc(C=C3C(=O)c4cc5cc6ccccc6cc5cc4C3=O)cc21. The highest BCUT2D eigenvalue weighted by Gasteiger charge is 2.35. The Hall–Kier alpha value is -7.26. The molecule has 7 aromatic carbocycles. The Bertz CT molecular complexity index is 3580. The third-order valence-corrected chi connectivity index (χ3v) is 14.9. The Morgan fingerprint density at radius 3 is 1.02 bits per heavy atom. The molecule has 0 saturated heterocycles. The van der Waals surface area contributed by atoms with E-state index in [9.17, 15) is 19.2 Å². The zero-order valence-electron chi connectivity index (χ0n) is 32.0. The molecule has 8 heteroatoms. The number of Topliss-reactive ketones (excluding diaryl/α,β-unsaturated/α-hetero) is 4. The van der Waals surface area contributed by atoms with E-state index >= 15 is 0 Å². The van der Waals surface area contributed by atoms with Crippen LogP contribution in [-0.2, 0) is 14.1 Å². The molecule has 13 rings (SSSR count). The van der Waals surface area contributed by atoms with E-state index < -0.39 is 0 Å². The van der Waals surface area contributed by atoms with Crippen molar-refractivity contribution in [3.8, 4) is 0 Å². The third kappa shape index (κ3) is 4.52. The maximum Gasteiger partial charge on any atom is 0.197 e. The Balaban J connectivity index is 0.859. The van der Waals surface area contributed by atoms with Crippen molar-refractivity contribution in [2.75, 3.05) is 0 Å². The van der Waals surface area contributed by atoms with Crippen LogP contribution in [0.15, 0.2) is 132 Å². The minimum atomic E-state index is -0.235. The molecule has 0 bridgehead atoms. The summed E-state index contributed by atoms with van der Waals surface area (Å²) in [5.74, 6) is -0.939. The number of ketones is 4. The van der Waals surface area contributed by atoms with Crippen LogP contribution in [0.4, 0.5) is 0 Å². The van der Waals surface area contributed by atoms with Gasteiger partial charge in [-0.15, -0.1) is 22.7 Å². The molecule has 0 N–H and O–H groups in total. The van der Waals surface area contributed by atoms with Crippen LogP contribution in [-0.4, -0.2) is 32.3 Å². The van der Waals surface area contributed by atoms with Crippen molar-refractivity contribution < 1.29 is 19.2 Å². The first-order valence-corrected chi connectivity index (χ1v) is 21.3. The number of fused-ring (bicyclic) bond motifs is 12. The van der Waals surface area contributed by atoms with Crippen LogP contribution in [0.2, 0.25) is 0 Å². The van der Waals surface area contributed by atoms with Crippen LogP contribution < -0.4 is 0 Å². The molecule has 11 aromatic rings. The molecule has 0 amide bonds. The lowest BCUT2D eigenvalue weighted by atomic mass is 9.99. The topological polar surface area (TPSA) is 78.1 Å². The first-order chi connectivity index (χ1) is 29.2. The summed E-state index contributed by atoms with van der Waals surface area (Å²) in [4.78, 5) is 56.7. The smallest absolute Gasteiger partial charge is 0.197 e. The monoisotopic (exact) mass is 808 g/mol. The molecule has 0 spiro atoms. The Morgan fingerprint density at radius 2 is 0.700 bits per heavy atom. The van der Waals surface area contributed by atoms with Crippen molar-refractivity contribution in [3.05, 3.63) is 164 Å². The molecule has 0 fully saturated rings. The van der Waals surface area contributed by atoms with Crippen LogP contribution >= 0.6 is 22.7 Å². The summed E-state index contributed by atoms with van der Waals surface area (Å²) in [5.41, 5.74) is 6.42. The van der Waals surface area contributed by atoms with E-state index in [4.69, 9.17) is 0 Å². The fourth-order valence-electron chi connectivity index (χ4n) is 9.65. The van der Waals surface area contributed by atoms with E-state index in [1.54, 1.807) is 34.8 Å². The number of carbonyl (C=O) groups excluding carboxylic acids is 4. The number of nitrogens with zero attached hydrogens (tertiary/aromatic N) is 2. The molecule has 0 atom stereocenters. The summed E-state index contributed by atoms with van der Waals surface area (Å²) in [6.07, 6.45) is 3.52. The van der Waals surface area contributed by atoms with E-state index in [0.717, 1.165) is 95.1 Å². The van der Waals surface area contributed by atoms with Gasteiger partial charge >= 0.3 is 0 Å². The predicted octanol–water partition coefficient (Wildman–Crippen LogP) is 12.6. The number of thiophene rings is 2. The maximum absolute atomic E-state index is 13.8. The molecule has 60 heavy (non-hydrogen) atoms. The predicted molar refractivity (Wildman–Crippen MR) is 246 cm³/mol. The number of allylic oxidation sites excluding steroid dienone is 2. The minimum Gasteiger partial charge on any atom is -0.343 e. The van der Waals surface area contributed by atoms with E-state index in [1.807, 2.05) is 62.6 Å². The average Bonchev–Trinajstić information content (AvgIpc) is 4.07. The summed E-state index contributed by atoms with van der Waals surface area (Å²) in [5, 5.41) is 10.3. The van der Waals surface area contributed by atoms with Gasteiger partial charge in [0.15, 0.2) is 23.1 Å². The van der Waals surface area contributed by atoms with E-state index in [0.29, 0.717) is 22.3 Å². The molecule has 4 heterocycles. The van der Waals surface area contributed by atoms with Gasteiger partial charge in [0.1, 0.15) is 0 Å².